The Balaban J connectivity index is 1.36. The molecule has 3 nitrogen and oxygen atoms in total. The van der Waals surface area contributed by atoms with E-state index in [-0.39, 0.29) is 23.2 Å². The van der Waals surface area contributed by atoms with Gasteiger partial charge in [0.1, 0.15) is 5.82 Å². The number of likely N-dealkylation sites (tertiary alicyclic amines) is 1. The van der Waals surface area contributed by atoms with Crippen LogP contribution < -0.4 is 5.32 Å². The van der Waals surface area contributed by atoms with Gasteiger partial charge in [-0.25, -0.2) is 4.39 Å². The summed E-state index contributed by atoms with van der Waals surface area (Å²) in [4.78, 5) is 14.3. The van der Waals surface area contributed by atoms with E-state index >= 15 is 0 Å². The van der Waals surface area contributed by atoms with Gasteiger partial charge in [-0.15, -0.1) is 0 Å². The molecule has 1 saturated carbocycles. The summed E-state index contributed by atoms with van der Waals surface area (Å²) in [6.07, 6.45) is 9.56. The van der Waals surface area contributed by atoms with Crippen molar-refractivity contribution < 1.29 is 9.18 Å². The largest absolute Gasteiger partial charge is 0.349 e. The molecular weight excluding hydrogens is 327 g/mol. The molecule has 0 aromatic heterocycles. The Morgan fingerprint density at radius 2 is 2.23 bits per heavy atom. The average molecular weight is 354 g/mol. The molecule has 1 aromatic carbocycles. The predicted octanol–water partition coefficient (Wildman–Crippen LogP) is 3.56. The Bertz CT molecular complexity index is 775. The van der Waals surface area contributed by atoms with Gasteiger partial charge in [0.05, 0.1) is 6.04 Å². The minimum atomic E-state index is -0.209. The molecule has 1 aliphatic heterocycles. The molecule has 4 aliphatic rings. The number of hydrogen-bond donors (Lipinski definition) is 1. The summed E-state index contributed by atoms with van der Waals surface area (Å²) in [5.74, 6) is 2.17. The molecule has 3 aliphatic carbocycles. The lowest BCUT2D eigenvalue weighted by atomic mass is 9.81. The van der Waals surface area contributed by atoms with E-state index in [2.05, 4.69) is 22.4 Å². The van der Waals surface area contributed by atoms with Gasteiger partial charge in [-0.05, 0) is 73.2 Å². The third kappa shape index (κ3) is 2.61. The average Bonchev–Trinajstić information content (AvgIpc) is 3.34. The molecule has 4 unspecified atom stereocenters. The number of amides is 1. The third-order valence-electron chi connectivity index (χ3n) is 7.27. The van der Waals surface area contributed by atoms with Crippen LogP contribution in [-0.2, 0) is 10.2 Å². The number of hydrogen-bond acceptors (Lipinski definition) is 2. The number of carbonyl (C=O) groups is 1. The van der Waals surface area contributed by atoms with Gasteiger partial charge in [-0.3, -0.25) is 4.79 Å². The van der Waals surface area contributed by atoms with E-state index in [0.29, 0.717) is 0 Å². The van der Waals surface area contributed by atoms with Crippen molar-refractivity contribution in [2.75, 3.05) is 19.6 Å². The molecular formula is C22H27FN2O. The van der Waals surface area contributed by atoms with Crippen molar-refractivity contribution >= 4 is 5.91 Å². The van der Waals surface area contributed by atoms with Gasteiger partial charge in [0.15, 0.2) is 0 Å². The standard InChI is InChI=1S/C22H27FN2O/c1-14(26)24-21-11-22(20-5-4-18(23)10-19(20)21)6-7-25(13-22)12-17-9-15-2-3-16(17)8-15/h2-5,10,15-17,21H,6-9,11-13H2,1H3,(H,24,26)/t15?,16?,17?,21-,22?/m0/s1. The highest BCUT2D eigenvalue weighted by Crippen LogP contribution is 2.51. The van der Waals surface area contributed by atoms with Crippen LogP contribution in [0, 0.1) is 23.6 Å². The van der Waals surface area contributed by atoms with E-state index in [4.69, 9.17) is 0 Å². The second-order valence-corrected chi connectivity index (χ2v) is 8.99. The van der Waals surface area contributed by atoms with Crippen LogP contribution in [0.25, 0.3) is 0 Å². The molecule has 1 amide bonds. The highest BCUT2D eigenvalue weighted by molar-refractivity contribution is 5.74. The Labute approximate surface area is 154 Å². The molecule has 1 aromatic rings. The summed E-state index contributed by atoms with van der Waals surface area (Å²) in [7, 11) is 0. The number of benzene rings is 1. The lowest BCUT2D eigenvalue weighted by molar-refractivity contribution is -0.119. The zero-order valence-corrected chi connectivity index (χ0v) is 15.4. The maximum absolute atomic E-state index is 13.9. The zero-order chi connectivity index (χ0) is 17.9. The summed E-state index contributed by atoms with van der Waals surface area (Å²) >= 11 is 0. The fraction of sp³-hybridized carbons (Fsp3) is 0.591. The van der Waals surface area contributed by atoms with Gasteiger partial charge < -0.3 is 10.2 Å². The van der Waals surface area contributed by atoms with Gasteiger partial charge in [0, 0.05) is 25.4 Å². The highest BCUT2D eigenvalue weighted by Gasteiger charge is 2.49. The first-order valence-corrected chi connectivity index (χ1v) is 10.0. The van der Waals surface area contributed by atoms with Crippen LogP contribution in [0.3, 0.4) is 0 Å². The summed E-state index contributed by atoms with van der Waals surface area (Å²) < 4.78 is 13.9. The Kier molecular flexibility index (Phi) is 3.75. The van der Waals surface area contributed by atoms with Crippen LogP contribution in [0.4, 0.5) is 4.39 Å². The molecule has 0 radical (unpaired) electrons. The normalized spacial score (nSPS) is 37.6. The fourth-order valence-electron chi connectivity index (χ4n) is 6.23. The van der Waals surface area contributed by atoms with E-state index < -0.39 is 0 Å². The van der Waals surface area contributed by atoms with Gasteiger partial charge >= 0.3 is 0 Å². The molecule has 1 N–H and O–H groups in total. The van der Waals surface area contributed by atoms with Crippen molar-refractivity contribution in [2.24, 2.45) is 17.8 Å². The maximum Gasteiger partial charge on any atom is 0.217 e. The van der Waals surface area contributed by atoms with E-state index in [0.717, 1.165) is 49.2 Å². The number of nitrogens with zero attached hydrogens (tertiary/aromatic N) is 1. The zero-order valence-electron chi connectivity index (χ0n) is 15.4. The summed E-state index contributed by atoms with van der Waals surface area (Å²) in [6, 6.07) is 5.13. The van der Waals surface area contributed by atoms with Crippen LogP contribution in [-0.4, -0.2) is 30.4 Å². The summed E-state index contributed by atoms with van der Waals surface area (Å²) in [5, 5.41) is 3.05. The topological polar surface area (TPSA) is 32.3 Å². The van der Waals surface area contributed by atoms with E-state index in [1.807, 2.05) is 6.07 Å². The number of nitrogens with one attached hydrogen (secondary N) is 1. The van der Waals surface area contributed by atoms with Crippen molar-refractivity contribution in [3.63, 3.8) is 0 Å². The quantitative estimate of drug-likeness (QED) is 0.842. The van der Waals surface area contributed by atoms with Crippen molar-refractivity contribution in [2.45, 2.75) is 44.1 Å². The van der Waals surface area contributed by atoms with Gasteiger partial charge in [-0.1, -0.05) is 18.2 Å². The molecule has 5 rings (SSSR count). The SMILES string of the molecule is CC(=O)N[C@H]1CC2(CCN(CC3CC4C=CC3C4)C2)c2ccc(F)cc21. The van der Waals surface area contributed by atoms with Gasteiger partial charge in [-0.2, -0.15) is 0 Å². The molecule has 2 bridgehead atoms. The maximum atomic E-state index is 13.9. The van der Waals surface area contributed by atoms with Crippen LogP contribution in [0.5, 0.6) is 0 Å². The first-order chi connectivity index (χ1) is 12.5. The van der Waals surface area contributed by atoms with Crippen molar-refractivity contribution in [3.8, 4) is 0 Å². The molecule has 1 spiro atoms. The van der Waals surface area contributed by atoms with E-state index in [9.17, 15) is 9.18 Å². The van der Waals surface area contributed by atoms with Crippen molar-refractivity contribution in [1.82, 2.24) is 10.2 Å². The van der Waals surface area contributed by atoms with Crippen LogP contribution >= 0.6 is 0 Å². The summed E-state index contributed by atoms with van der Waals surface area (Å²) in [5.41, 5.74) is 2.32. The van der Waals surface area contributed by atoms with Crippen LogP contribution in [0.1, 0.15) is 49.8 Å². The predicted molar refractivity (Wildman–Crippen MR) is 99.2 cm³/mol. The van der Waals surface area contributed by atoms with Crippen molar-refractivity contribution in [3.05, 3.63) is 47.3 Å². The van der Waals surface area contributed by atoms with Crippen LogP contribution in [0.15, 0.2) is 30.4 Å². The van der Waals surface area contributed by atoms with E-state index in [1.165, 1.54) is 24.9 Å². The number of halogens is 1. The first-order valence-electron chi connectivity index (χ1n) is 10.0. The number of fused-ring (bicyclic) bond motifs is 4. The smallest absolute Gasteiger partial charge is 0.217 e. The lowest BCUT2D eigenvalue weighted by Crippen LogP contribution is -2.34. The van der Waals surface area contributed by atoms with E-state index in [1.54, 1.807) is 19.1 Å². The third-order valence-corrected chi connectivity index (χ3v) is 7.27. The number of rotatable bonds is 3. The molecule has 2 fully saturated rings. The first kappa shape index (κ1) is 16.5. The van der Waals surface area contributed by atoms with Crippen LogP contribution in [0.2, 0.25) is 0 Å². The molecule has 5 atom stereocenters. The lowest BCUT2D eigenvalue weighted by Gasteiger charge is -2.28. The second-order valence-electron chi connectivity index (χ2n) is 8.99. The molecule has 26 heavy (non-hydrogen) atoms. The molecule has 1 saturated heterocycles. The fourth-order valence-corrected chi connectivity index (χ4v) is 6.23. The minimum Gasteiger partial charge on any atom is -0.349 e. The highest BCUT2D eigenvalue weighted by atomic mass is 19.1. The minimum absolute atomic E-state index is 0.0362. The Morgan fingerprint density at radius 3 is 2.96 bits per heavy atom. The summed E-state index contributed by atoms with van der Waals surface area (Å²) in [6.45, 7) is 4.89. The van der Waals surface area contributed by atoms with Crippen molar-refractivity contribution in [1.29, 1.82) is 0 Å². The van der Waals surface area contributed by atoms with Gasteiger partial charge in [0.25, 0.3) is 0 Å². The molecule has 138 valence electrons. The Morgan fingerprint density at radius 1 is 1.35 bits per heavy atom. The molecule has 1 heterocycles. The number of allylic oxidation sites excluding steroid dienone is 2. The van der Waals surface area contributed by atoms with Gasteiger partial charge in [0.2, 0.25) is 5.91 Å². The molecule has 4 heteroatoms. The number of carbonyl (C=O) groups excluding carboxylic acids is 1. The second kappa shape index (κ2) is 5.91. The Hall–Kier alpha value is -1.68. The monoisotopic (exact) mass is 354 g/mol.